The Hall–Kier alpha value is -6.87. The molecule has 0 radical (unpaired) electrons. The number of halogens is 4. The number of piperidine rings is 1. The third-order valence-electron chi connectivity index (χ3n) is 23.2. The third-order valence-corrected chi connectivity index (χ3v) is 23.5. The molecule has 6 fully saturated rings. The maximum absolute atomic E-state index is 16.2. The van der Waals surface area contributed by atoms with Crippen molar-refractivity contribution in [2.75, 3.05) is 102 Å². The first-order valence-corrected chi connectivity index (χ1v) is 38.9. The fourth-order valence-corrected chi connectivity index (χ4v) is 16.7. The summed E-state index contributed by atoms with van der Waals surface area (Å²) in [6, 6.07) is -4.19. The predicted octanol–water partition coefficient (Wildman–Crippen LogP) is 7.82. The molecule has 3 heterocycles. The van der Waals surface area contributed by atoms with Crippen LogP contribution in [0.2, 0.25) is 5.02 Å². The van der Waals surface area contributed by atoms with Gasteiger partial charge in [-0.15, -0.1) is 0 Å². The topological polar surface area (TPSA) is 262 Å². The van der Waals surface area contributed by atoms with Crippen molar-refractivity contribution in [3.63, 3.8) is 0 Å². The molecule has 3 saturated carbocycles. The number of nitrogens with one attached hydrogen (secondary N) is 3. The van der Waals surface area contributed by atoms with Crippen LogP contribution in [0.3, 0.4) is 0 Å². The lowest BCUT2D eigenvalue weighted by Crippen LogP contribution is -2.66. The first-order chi connectivity index (χ1) is 49.7. The number of benzene rings is 1. The fraction of sp³-hybridized carbons (Fsp3) is 0.753. The van der Waals surface area contributed by atoms with Crippen LogP contribution in [0.15, 0.2) is 29.8 Å². The minimum Gasteiger partial charge on any atom is -0.381 e. The van der Waals surface area contributed by atoms with Crippen molar-refractivity contribution in [2.24, 2.45) is 23.7 Å². The number of carbonyl (C=O) groups excluding carboxylic acids is 11. The van der Waals surface area contributed by atoms with Crippen LogP contribution in [-0.2, 0) is 70.1 Å². The smallest absolute Gasteiger partial charge is 0.381 e. The summed E-state index contributed by atoms with van der Waals surface area (Å²) in [6.45, 7) is 7.56. The van der Waals surface area contributed by atoms with Crippen LogP contribution in [-0.4, -0.2) is 259 Å². The lowest BCUT2D eigenvalue weighted by atomic mass is 9.84. The minimum atomic E-state index is -4.77. The van der Waals surface area contributed by atoms with Gasteiger partial charge < -0.3 is 59.9 Å². The Kier molecular flexibility index (Phi) is 32.0. The highest BCUT2D eigenvalue weighted by atomic mass is 35.5. The third kappa shape index (κ3) is 22.9. The normalized spacial score (nSPS) is 26.6. The molecule has 1 unspecified atom stereocenters. The van der Waals surface area contributed by atoms with E-state index in [1.54, 1.807) is 30.8 Å². The van der Waals surface area contributed by atoms with Crippen molar-refractivity contribution in [1.29, 1.82) is 0 Å². The molecule has 3 N–H and O–H groups in total. The Labute approximate surface area is 625 Å². The second-order valence-corrected chi connectivity index (χ2v) is 31.8. The average Bonchev–Trinajstić information content (AvgIpc) is 1.76. The number of hydrogen-bond donors (Lipinski definition) is 3. The predicted molar refractivity (Wildman–Crippen MR) is 393 cm³/mol. The van der Waals surface area contributed by atoms with Crippen LogP contribution in [0.4, 0.5) is 13.2 Å². The van der Waals surface area contributed by atoms with Gasteiger partial charge >= 0.3 is 6.18 Å². The molecular formula is C77H120ClF3N12O12. The largest absolute Gasteiger partial charge is 0.417 e. The summed E-state index contributed by atoms with van der Waals surface area (Å²) < 4.78 is 47.7. The maximum Gasteiger partial charge on any atom is 0.417 e. The molecule has 28 heteroatoms. The van der Waals surface area contributed by atoms with Gasteiger partial charge in [-0.3, -0.25) is 57.6 Å². The van der Waals surface area contributed by atoms with E-state index in [2.05, 4.69) is 16.0 Å². The number of likely N-dealkylation sites (tertiary alicyclic amines) is 1. The number of alkyl halides is 3. The summed E-state index contributed by atoms with van der Waals surface area (Å²) in [4.78, 5) is 179. The van der Waals surface area contributed by atoms with Gasteiger partial charge in [-0.1, -0.05) is 128 Å². The van der Waals surface area contributed by atoms with Gasteiger partial charge in [0, 0.05) is 62.4 Å². The number of likely N-dealkylation sites (N-methyl/N-ethyl adjacent to an activating group) is 8. The van der Waals surface area contributed by atoms with E-state index in [9.17, 15) is 37.1 Å². The first-order valence-electron chi connectivity index (χ1n) is 38.5. The molecule has 1 spiro atoms. The number of ether oxygens (including phenoxy) is 1. The zero-order valence-corrected chi connectivity index (χ0v) is 65.2. The van der Waals surface area contributed by atoms with Gasteiger partial charge in [0.15, 0.2) is 0 Å². The molecule has 3 saturated heterocycles. The summed E-state index contributed by atoms with van der Waals surface area (Å²) in [5.74, 6) is -7.41. The Morgan fingerprint density at radius 2 is 1.25 bits per heavy atom. The van der Waals surface area contributed by atoms with E-state index in [4.69, 9.17) is 16.3 Å². The molecule has 0 aromatic heterocycles. The van der Waals surface area contributed by atoms with Gasteiger partial charge in [0.1, 0.15) is 35.7 Å². The SMILES string of the molecule is CC[C@H](C)[C@@H]1NC(=O)[C@H](CC(C)C)N(C)C(=O)C[C@@H](C(=O)N2CCCCC2)N(C)C(C2CCCCC2)N(C)C(=O)C2(CCCC2)NC(=O)[C@H](CC=C2CCOCC2)N(C)C(=O)[C@@H](CCc2ccc(C(F)(F)F)c(Cl)c2)NC(=O)CN(C)C(=O)[C@H](CC2CCCCC2)N(C)C(=O)CN(C)C(=O)CN(C)C1=O. The van der Waals surface area contributed by atoms with Crippen molar-refractivity contribution in [1.82, 2.24) is 60.0 Å². The Morgan fingerprint density at radius 1 is 0.657 bits per heavy atom. The zero-order chi connectivity index (χ0) is 77.2. The van der Waals surface area contributed by atoms with Crippen LogP contribution in [0.1, 0.15) is 199 Å². The molecule has 0 bridgehead atoms. The molecule has 8 atom stereocenters. The highest BCUT2D eigenvalue weighted by Gasteiger charge is 2.51. The quantitative estimate of drug-likeness (QED) is 0.159. The molecule has 588 valence electrons. The van der Waals surface area contributed by atoms with Crippen LogP contribution in [0, 0.1) is 23.7 Å². The first kappa shape index (κ1) is 85.4. The summed E-state index contributed by atoms with van der Waals surface area (Å²) in [7, 11) is 12.0. The van der Waals surface area contributed by atoms with Crippen molar-refractivity contribution in [3.8, 4) is 0 Å². The monoisotopic (exact) mass is 1500 g/mol. The number of nitrogens with zero attached hydrogens (tertiary/aromatic N) is 9. The van der Waals surface area contributed by atoms with Gasteiger partial charge in [-0.2, -0.15) is 13.2 Å². The minimum absolute atomic E-state index is 0.0181. The molecule has 24 nitrogen and oxygen atoms in total. The summed E-state index contributed by atoms with van der Waals surface area (Å²) in [6.07, 6.45) is 9.72. The second kappa shape index (κ2) is 39.3. The van der Waals surface area contributed by atoms with Crippen LogP contribution < -0.4 is 16.0 Å². The van der Waals surface area contributed by atoms with Gasteiger partial charge in [-0.05, 0) is 138 Å². The number of amides is 11. The number of carbonyl (C=O) groups is 11. The molecule has 105 heavy (non-hydrogen) atoms. The van der Waals surface area contributed by atoms with Gasteiger partial charge in [0.2, 0.25) is 65.0 Å². The number of hydrogen-bond acceptors (Lipinski definition) is 13. The van der Waals surface area contributed by atoms with Crippen LogP contribution in [0.25, 0.3) is 0 Å². The van der Waals surface area contributed by atoms with E-state index in [0.717, 1.165) is 98.1 Å². The van der Waals surface area contributed by atoms with E-state index < -0.39 is 149 Å². The molecule has 1 aromatic carbocycles. The van der Waals surface area contributed by atoms with E-state index in [0.29, 0.717) is 76.8 Å². The van der Waals surface area contributed by atoms with Gasteiger partial charge in [0.25, 0.3) is 0 Å². The molecule has 6 aliphatic rings. The molecule has 3 aliphatic heterocycles. The van der Waals surface area contributed by atoms with Gasteiger partial charge in [-0.25, -0.2) is 0 Å². The Balaban J connectivity index is 1.34. The van der Waals surface area contributed by atoms with E-state index in [1.807, 2.05) is 31.7 Å². The maximum atomic E-state index is 16.2. The zero-order valence-electron chi connectivity index (χ0n) is 64.4. The molecule has 11 amide bonds. The highest BCUT2D eigenvalue weighted by molar-refractivity contribution is 6.31. The van der Waals surface area contributed by atoms with E-state index in [1.165, 1.54) is 68.0 Å². The summed E-state index contributed by atoms with van der Waals surface area (Å²) in [5, 5.41) is 8.41. The highest BCUT2D eigenvalue weighted by Crippen LogP contribution is 2.39. The number of rotatable bonds is 13. The molecule has 1 aromatic rings. The lowest BCUT2D eigenvalue weighted by molar-refractivity contribution is -0.156. The van der Waals surface area contributed by atoms with Crippen LogP contribution >= 0.6 is 11.6 Å². The Morgan fingerprint density at radius 3 is 1.85 bits per heavy atom. The van der Waals surface area contributed by atoms with Crippen molar-refractivity contribution in [2.45, 2.75) is 249 Å². The summed E-state index contributed by atoms with van der Waals surface area (Å²) >= 11 is 6.23. The van der Waals surface area contributed by atoms with E-state index in [-0.39, 0.29) is 75.0 Å². The van der Waals surface area contributed by atoms with Crippen molar-refractivity contribution in [3.05, 3.63) is 46.0 Å². The van der Waals surface area contributed by atoms with E-state index >= 15 is 28.8 Å². The Bertz CT molecular complexity index is 3220. The lowest BCUT2D eigenvalue weighted by Gasteiger charge is -2.48. The van der Waals surface area contributed by atoms with Crippen LogP contribution in [0.5, 0.6) is 0 Å². The second-order valence-electron chi connectivity index (χ2n) is 31.3. The van der Waals surface area contributed by atoms with Crippen molar-refractivity contribution >= 4 is 76.6 Å². The average molecular weight is 1500 g/mol. The molecular weight excluding hydrogens is 1380 g/mol. The molecule has 7 rings (SSSR count). The standard InChI is InChI=1S/C77H120ClF3N12O12/c1-13-51(4)67-74(103)87(7)48-65(96)85(5)49-66(97)89(9)61(45-53-25-17-14-18-26-53)72(101)86(6)47-63(94)82-58(33-30-54-29-32-56(57(78)44-54)77(79,80)81)71(100)91(11)59(34-31-52-35-41-105-42-36-52)69(99)84-76(37-21-22-38-76)75(104)92(12)70(55-27-19-15-20-28-55)90(10)62(73(102)93-39-23-16-24-40-93)46-64(95)88(8)60(43-50(2)3)68(98)83-67/h29,31-32,44,50-51,53,55,58-62,67,70H,13-28,30,33-43,45-49H2,1-12H3,(H,82,94)(H,83,98)(H,84,99)/t51-,58+,59-,60-,61-,62-,67-,70?/m0/s1. The fourth-order valence-electron chi connectivity index (χ4n) is 16.4. The van der Waals surface area contributed by atoms with Crippen molar-refractivity contribution < 1.29 is 70.6 Å². The number of aryl methyl sites for hydroxylation is 1. The van der Waals surface area contributed by atoms with Gasteiger partial charge in [0.05, 0.1) is 62.1 Å². The molecule has 3 aliphatic carbocycles. The summed E-state index contributed by atoms with van der Waals surface area (Å²) in [5.41, 5.74) is -1.34.